The van der Waals surface area contributed by atoms with E-state index in [1.54, 1.807) is 6.07 Å². The molecule has 1 aromatic carbocycles. The Balaban J connectivity index is 0.000000771. The molecule has 0 unspecified atom stereocenters. The summed E-state index contributed by atoms with van der Waals surface area (Å²) in [4.78, 5) is 4.35. The van der Waals surface area contributed by atoms with Gasteiger partial charge in [0.2, 0.25) is 0 Å². The standard InChI is InChI=1S/C13H12ClNO.C2H6/c1-10-5-4-6-11(15-10)9-16-13-8-3-2-7-12(13)14;1-2/h2-8H,9H2,1H3;1-2H3. The van der Waals surface area contributed by atoms with Crippen LogP contribution in [0.3, 0.4) is 0 Å². The van der Waals surface area contributed by atoms with Crippen molar-refractivity contribution >= 4 is 11.6 Å². The van der Waals surface area contributed by atoms with E-state index in [0.29, 0.717) is 17.4 Å². The van der Waals surface area contributed by atoms with Gasteiger partial charge in [-0.15, -0.1) is 0 Å². The molecule has 96 valence electrons. The predicted molar refractivity (Wildman–Crippen MR) is 76.1 cm³/mol. The minimum Gasteiger partial charge on any atom is -0.486 e. The van der Waals surface area contributed by atoms with Gasteiger partial charge in [0, 0.05) is 5.69 Å². The van der Waals surface area contributed by atoms with Gasteiger partial charge in [0.15, 0.2) is 0 Å². The molecule has 0 atom stereocenters. The fourth-order valence-electron chi connectivity index (χ4n) is 1.39. The highest BCUT2D eigenvalue weighted by Crippen LogP contribution is 2.23. The molecule has 0 aliphatic carbocycles. The number of benzene rings is 1. The molecule has 2 nitrogen and oxygen atoms in total. The maximum Gasteiger partial charge on any atom is 0.138 e. The van der Waals surface area contributed by atoms with Crippen molar-refractivity contribution in [3.05, 3.63) is 58.9 Å². The van der Waals surface area contributed by atoms with Crippen LogP contribution in [0.5, 0.6) is 5.75 Å². The lowest BCUT2D eigenvalue weighted by molar-refractivity contribution is 0.301. The van der Waals surface area contributed by atoms with Crippen molar-refractivity contribution in [2.45, 2.75) is 27.4 Å². The first-order chi connectivity index (χ1) is 8.75. The highest BCUT2D eigenvalue weighted by atomic mass is 35.5. The van der Waals surface area contributed by atoms with E-state index >= 15 is 0 Å². The van der Waals surface area contributed by atoms with Crippen LogP contribution in [-0.4, -0.2) is 4.98 Å². The number of aryl methyl sites for hydroxylation is 1. The van der Waals surface area contributed by atoms with Gasteiger partial charge in [0.1, 0.15) is 12.4 Å². The van der Waals surface area contributed by atoms with Gasteiger partial charge >= 0.3 is 0 Å². The average molecular weight is 264 g/mol. The predicted octanol–water partition coefficient (Wildman–Crippen LogP) is 4.65. The van der Waals surface area contributed by atoms with Crippen LogP contribution < -0.4 is 4.74 Å². The van der Waals surface area contributed by atoms with E-state index in [-0.39, 0.29) is 0 Å². The summed E-state index contributed by atoms with van der Waals surface area (Å²) >= 11 is 5.98. The first-order valence-electron chi connectivity index (χ1n) is 6.05. The fourth-order valence-corrected chi connectivity index (χ4v) is 1.58. The third-order valence-electron chi connectivity index (χ3n) is 2.16. The van der Waals surface area contributed by atoms with Crippen molar-refractivity contribution in [2.75, 3.05) is 0 Å². The lowest BCUT2D eigenvalue weighted by Crippen LogP contribution is -1.99. The van der Waals surface area contributed by atoms with Gasteiger partial charge < -0.3 is 4.74 Å². The quantitative estimate of drug-likeness (QED) is 0.804. The Morgan fingerprint density at radius 2 is 1.78 bits per heavy atom. The van der Waals surface area contributed by atoms with Crippen LogP contribution in [0, 0.1) is 6.92 Å². The van der Waals surface area contributed by atoms with Crippen LogP contribution in [0.1, 0.15) is 25.2 Å². The van der Waals surface area contributed by atoms with Gasteiger partial charge in [-0.3, -0.25) is 4.98 Å². The maximum absolute atomic E-state index is 5.98. The van der Waals surface area contributed by atoms with E-state index in [4.69, 9.17) is 16.3 Å². The van der Waals surface area contributed by atoms with Crippen molar-refractivity contribution in [1.29, 1.82) is 0 Å². The molecule has 3 heteroatoms. The second kappa shape index (κ2) is 7.72. The number of halogens is 1. The Labute approximate surface area is 114 Å². The van der Waals surface area contributed by atoms with Crippen molar-refractivity contribution in [3.63, 3.8) is 0 Å². The summed E-state index contributed by atoms with van der Waals surface area (Å²) in [6, 6.07) is 13.3. The minimum atomic E-state index is 0.436. The summed E-state index contributed by atoms with van der Waals surface area (Å²) in [5, 5.41) is 0.621. The number of hydrogen-bond acceptors (Lipinski definition) is 2. The van der Waals surface area contributed by atoms with Crippen LogP contribution in [0.4, 0.5) is 0 Å². The molecule has 0 aliphatic heterocycles. The maximum atomic E-state index is 5.98. The summed E-state index contributed by atoms with van der Waals surface area (Å²) < 4.78 is 5.58. The Bertz CT molecular complexity index is 485. The zero-order valence-corrected chi connectivity index (χ0v) is 11.7. The molecule has 0 spiro atoms. The van der Waals surface area contributed by atoms with Crippen LogP contribution in [0.2, 0.25) is 5.02 Å². The molecular formula is C15H18ClNO. The second-order valence-electron chi connectivity index (χ2n) is 3.49. The largest absolute Gasteiger partial charge is 0.486 e. The molecule has 0 amide bonds. The molecule has 1 aromatic heterocycles. The third-order valence-corrected chi connectivity index (χ3v) is 2.47. The molecule has 0 bridgehead atoms. The average Bonchev–Trinajstić information content (AvgIpc) is 2.40. The number of ether oxygens (including phenoxy) is 1. The van der Waals surface area contributed by atoms with Gasteiger partial charge in [-0.25, -0.2) is 0 Å². The van der Waals surface area contributed by atoms with Gasteiger partial charge in [-0.2, -0.15) is 0 Å². The topological polar surface area (TPSA) is 22.1 Å². The SMILES string of the molecule is CC.Cc1cccc(COc2ccccc2Cl)n1. The summed E-state index contributed by atoms with van der Waals surface area (Å²) in [5.41, 5.74) is 1.89. The highest BCUT2D eigenvalue weighted by molar-refractivity contribution is 6.32. The van der Waals surface area contributed by atoms with Crippen molar-refractivity contribution in [2.24, 2.45) is 0 Å². The Morgan fingerprint density at radius 1 is 1.06 bits per heavy atom. The molecule has 0 saturated heterocycles. The van der Waals surface area contributed by atoms with Gasteiger partial charge in [0.25, 0.3) is 0 Å². The Hall–Kier alpha value is -1.54. The summed E-state index contributed by atoms with van der Waals surface area (Å²) in [6.07, 6.45) is 0. The molecular weight excluding hydrogens is 246 g/mol. The van der Waals surface area contributed by atoms with Crippen LogP contribution in [0.25, 0.3) is 0 Å². The monoisotopic (exact) mass is 263 g/mol. The number of rotatable bonds is 3. The van der Waals surface area contributed by atoms with Crippen molar-refractivity contribution in [1.82, 2.24) is 4.98 Å². The number of pyridine rings is 1. The lowest BCUT2D eigenvalue weighted by Gasteiger charge is -2.07. The van der Waals surface area contributed by atoms with Crippen molar-refractivity contribution < 1.29 is 4.74 Å². The van der Waals surface area contributed by atoms with E-state index in [1.807, 2.05) is 57.2 Å². The summed E-state index contributed by atoms with van der Waals surface area (Å²) in [5.74, 6) is 0.687. The smallest absolute Gasteiger partial charge is 0.138 e. The lowest BCUT2D eigenvalue weighted by atomic mass is 10.3. The number of para-hydroxylation sites is 1. The molecule has 0 aliphatic rings. The first kappa shape index (κ1) is 14.5. The van der Waals surface area contributed by atoms with E-state index in [9.17, 15) is 0 Å². The minimum absolute atomic E-state index is 0.436. The highest BCUT2D eigenvalue weighted by Gasteiger charge is 2.01. The molecule has 0 radical (unpaired) electrons. The second-order valence-corrected chi connectivity index (χ2v) is 3.90. The molecule has 0 N–H and O–H groups in total. The third kappa shape index (κ3) is 4.38. The van der Waals surface area contributed by atoms with E-state index < -0.39 is 0 Å². The summed E-state index contributed by atoms with van der Waals surface area (Å²) in [7, 11) is 0. The molecule has 2 aromatic rings. The molecule has 0 saturated carbocycles. The van der Waals surface area contributed by atoms with E-state index in [1.165, 1.54) is 0 Å². The van der Waals surface area contributed by atoms with Gasteiger partial charge in [-0.05, 0) is 31.2 Å². The van der Waals surface area contributed by atoms with Gasteiger partial charge in [0.05, 0.1) is 10.7 Å². The Morgan fingerprint density at radius 3 is 2.44 bits per heavy atom. The van der Waals surface area contributed by atoms with Crippen LogP contribution >= 0.6 is 11.6 Å². The van der Waals surface area contributed by atoms with E-state index in [2.05, 4.69) is 4.98 Å². The number of hydrogen-bond donors (Lipinski definition) is 0. The molecule has 1 heterocycles. The Kier molecular flexibility index (Phi) is 6.23. The van der Waals surface area contributed by atoms with E-state index in [0.717, 1.165) is 11.4 Å². The normalized spacial score (nSPS) is 9.33. The van der Waals surface area contributed by atoms with Crippen LogP contribution in [0.15, 0.2) is 42.5 Å². The molecule has 18 heavy (non-hydrogen) atoms. The fraction of sp³-hybridized carbons (Fsp3) is 0.267. The molecule has 0 fully saturated rings. The summed E-state index contributed by atoms with van der Waals surface area (Å²) in [6.45, 7) is 6.39. The van der Waals surface area contributed by atoms with Gasteiger partial charge in [-0.1, -0.05) is 43.6 Å². The number of aromatic nitrogens is 1. The van der Waals surface area contributed by atoms with Crippen LogP contribution in [-0.2, 0) is 6.61 Å². The zero-order chi connectivity index (χ0) is 13.4. The zero-order valence-electron chi connectivity index (χ0n) is 11.0. The first-order valence-corrected chi connectivity index (χ1v) is 6.43. The van der Waals surface area contributed by atoms with Crippen molar-refractivity contribution in [3.8, 4) is 5.75 Å². The number of nitrogens with zero attached hydrogens (tertiary/aromatic N) is 1. The molecule has 2 rings (SSSR count).